The maximum Gasteiger partial charge on any atom is 0.278 e. The number of rotatable bonds is 3. The molecule has 1 heterocycles. The second-order valence-electron chi connectivity index (χ2n) is 3.91. The van der Waals surface area contributed by atoms with Gasteiger partial charge in [0.15, 0.2) is 5.69 Å². The largest absolute Gasteiger partial charge is 0.494 e. The average Bonchev–Trinajstić information content (AvgIpc) is 2.72. The number of carbonyl (C=O) groups is 1. The van der Waals surface area contributed by atoms with Crippen molar-refractivity contribution in [1.29, 1.82) is 0 Å². The van der Waals surface area contributed by atoms with Crippen LogP contribution in [0, 0.1) is 12.7 Å². The highest BCUT2D eigenvalue weighted by Crippen LogP contribution is 2.26. The van der Waals surface area contributed by atoms with Gasteiger partial charge in [0.1, 0.15) is 11.6 Å². The Morgan fingerprint density at radius 1 is 1.53 bits per heavy atom. The zero-order valence-electron chi connectivity index (χ0n) is 10.5. The third kappa shape index (κ3) is 2.49. The fourth-order valence-corrected chi connectivity index (χ4v) is 1.56. The molecule has 6 nitrogen and oxygen atoms in total. The van der Waals surface area contributed by atoms with E-state index in [0.717, 1.165) is 0 Å². The molecule has 19 heavy (non-hydrogen) atoms. The SMILES string of the molecule is COc1cc(F)ccc1NC(=O)c1n[nH]c(C)c1N. The third-order valence-corrected chi connectivity index (χ3v) is 2.62. The molecule has 0 aliphatic rings. The molecule has 2 rings (SSSR count). The number of anilines is 2. The van der Waals surface area contributed by atoms with Crippen molar-refractivity contribution in [1.82, 2.24) is 10.2 Å². The molecule has 7 heteroatoms. The van der Waals surface area contributed by atoms with E-state index in [2.05, 4.69) is 15.5 Å². The Morgan fingerprint density at radius 3 is 2.84 bits per heavy atom. The zero-order chi connectivity index (χ0) is 14.0. The molecule has 1 amide bonds. The number of nitrogen functional groups attached to an aromatic ring is 1. The normalized spacial score (nSPS) is 10.3. The lowest BCUT2D eigenvalue weighted by atomic mass is 10.2. The maximum absolute atomic E-state index is 13.0. The predicted octanol–water partition coefficient (Wildman–Crippen LogP) is 1.70. The smallest absolute Gasteiger partial charge is 0.278 e. The van der Waals surface area contributed by atoms with Crippen LogP contribution < -0.4 is 15.8 Å². The molecule has 0 radical (unpaired) electrons. The molecule has 0 bridgehead atoms. The first-order valence-electron chi connectivity index (χ1n) is 5.48. The summed E-state index contributed by atoms with van der Waals surface area (Å²) in [6, 6.07) is 3.80. The Labute approximate surface area is 108 Å². The van der Waals surface area contributed by atoms with Crippen LogP contribution in [-0.4, -0.2) is 23.2 Å². The number of nitrogens with one attached hydrogen (secondary N) is 2. The highest BCUT2D eigenvalue weighted by atomic mass is 19.1. The molecule has 0 atom stereocenters. The summed E-state index contributed by atoms with van der Waals surface area (Å²) in [6.07, 6.45) is 0. The van der Waals surface area contributed by atoms with Gasteiger partial charge in [-0.3, -0.25) is 9.89 Å². The Balaban J connectivity index is 2.26. The van der Waals surface area contributed by atoms with Crippen molar-refractivity contribution >= 4 is 17.3 Å². The number of hydrogen-bond acceptors (Lipinski definition) is 4. The number of carbonyl (C=O) groups excluding carboxylic acids is 1. The van der Waals surface area contributed by atoms with Crippen molar-refractivity contribution in [2.24, 2.45) is 0 Å². The number of H-pyrrole nitrogens is 1. The molecule has 4 N–H and O–H groups in total. The molecule has 0 unspecified atom stereocenters. The minimum Gasteiger partial charge on any atom is -0.494 e. The molecule has 100 valence electrons. The van der Waals surface area contributed by atoms with Gasteiger partial charge in [0.2, 0.25) is 0 Å². The summed E-state index contributed by atoms with van der Waals surface area (Å²) in [6.45, 7) is 1.71. The second-order valence-corrected chi connectivity index (χ2v) is 3.91. The van der Waals surface area contributed by atoms with E-state index in [-0.39, 0.29) is 17.1 Å². The van der Waals surface area contributed by atoms with E-state index in [0.29, 0.717) is 11.4 Å². The molecular weight excluding hydrogens is 251 g/mol. The highest BCUT2D eigenvalue weighted by Gasteiger charge is 2.17. The number of methoxy groups -OCH3 is 1. The van der Waals surface area contributed by atoms with E-state index in [1.54, 1.807) is 6.92 Å². The van der Waals surface area contributed by atoms with Crippen LogP contribution in [0.15, 0.2) is 18.2 Å². The number of nitrogens with two attached hydrogens (primary N) is 1. The number of ether oxygens (including phenoxy) is 1. The molecular formula is C12H13FN4O2. The summed E-state index contributed by atoms with van der Waals surface area (Å²) in [7, 11) is 1.39. The number of halogens is 1. The monoisotopic (exact) mass is 264 g/mol. The summed E-state index contributed by atoms with van der Waals surface area (Å²) in [5.41, 5.74) is 7.02. The number of aryl methyl sites for hydroxylation is 1. The van der Waals surface area contributed by atoms with Gasteiger partial charge in [0.25, 0.3) is 5.91 Å². The molecule has 1 aromatic heterocycles. The first-order valence-corrected chi connectivity index (χ1v) is 5.48. The first-order chi connectivity index (χ1) is 9.02. The van der Waals surface area contributed by atoms with Crippen molar-refractivity contribution in [3.05, 3.63) is 35.4 Å². The maximum atomic E-state index is 13.0. The van der Waals surface area contributed by atoms with E-state index in [9.17, 15) is 9.18 Å². The summed E-state index contributed by atoms with van der Waals surface area (Å²) in [5.74, 6) is -0.726. The number of amides is 1. The molecule has 0 aliphatic heterocycles. The van der Waals surface area contributed by atoms with E-state index in [1.165, 1.54) is 25.3 Å². The molecule has 0 spiro atoms. The van der Waals surface area contributed by atoms with Gasteiger partial charge in [-0.1, -0.05) is 0 Å². The topological polar surface area (TPSA) is 93.0 Å². The van der Waals surface area contributed by atoms with Gasteiger partial charge in [0.05, 0.1) is 24.2 Å². The number of aromatic amines is 1. The van der Waals surface area contributed by atoms with Crippen molar-refractivity contribution in [2.75, 3.05) is 18.2 Å². The number of benzene rings is 1. The molecule has 0 saturated carbocycles. The van der Waals surface area contributed by atoms with Crippen molar-refractivity contribution in [3.63, 3.8) is 0 Å². The van der Waals surface area contributed by atoms with Crippen molar-refractivity contribution < 1.29 is 13.9 Å². The second kappa shape index (κ2) is 4.97. The van der Waals surface area contributed by atoms with E-state index in [4.69, 9.17) is 10.5 Å². The van der Waals surface area contributed by atoms with Gasteiger partial charge in [-0.05, 0) is 19.1 Å². The molecule has 0 saturated heterocycles. The van der Waals surface area contributed by atoms with Crippen molar-refractivity contribution in [3.8, 4) is 5.75 Å². The van der Waals surface area contributed by atoms with Gasteiger partial charge in [-0.2, -0.15) is 5.10 Å². The van der Waals surface area contributed by atoms with Crippen LogP contribution in [0.5, 0.6) is 5.75 Å². The van der Waals surface area contributed by atoms with Crippen LogP contribution in [0.3, 0.4) is 0 Å². The third-order valence-electron chi connectivity index (χ3n) is 2.62. The fraction of sp³-hybridized carbons (Fsp3) is 0.167. The lowest BCUT2D eigenvalue weighted by Gasteiger charge is -2.09. The van der Waals surface area contributed by atoms with E-state index >= 15 is 0 Å². The van der Waals surface area contributed by atoms with Crippen LogP contribution >= 0.6 is 0 Å². The van der Waals surface area contributed by atoms with Gasteiger partial charge in [-0.15, -0.1) is 0 Å². The Morgan fingerprint density at radius 2 is 2.26 bits per heavy atom. The minimum atomic E-state index is -0.494. The van der Waals surface area contributed by atoms with Crippen LogP contribution in [0.2, 0.25) is 0 Å². The summed E-state index contributed by atoms with van der Waals surface area (Å²) in [5, 5.41) is 8.99. The Bertz CT molecular complexity index is 624. The molecule has 0 fully saturated rings. The quantitative estimate of drug-likeness (QED) is 0.786. The van der Waals surface area contributed by atoms with Gasteiger partial charge < -0.3 is 15.8 Å². The van der Waals surface area contributed by atoms with Gasteiger partial charge in [0, 0.05) is 6.07 Å². The van der Waals surface area contributed by atoms with Crippen LogP contribution in [0.4, 0.5) is 15.8 Å². The molecule has 2 aromatic rings. The molecule has 1 aromatic carbocycles. The number of nitrogens with zero attached hydrogens (tertiary/aromatic N) is 1. The number of aromatic nitrogens is 2. The average molecular weight is 264 g/mol. The lowest BCUT2D eigenvalue weighted by molar-refractivity contribution is 0.102. The van der Waals surface area contributed by atoms with E-state index < -0.39 is 11.7 Å². The van der Waals surface area contributed by atoms with Crippen LogP contribution in [0.25, 0.3) is 0 Å². The lowest BCUT2D eigenvalue weighted by Crippen LogP contribution is -2.15. The predicted molar refractivity (Wildman–Crippen MR) is 68.6 cm³/mol. The van der Waals surface area contributed by atoms with Crippen LogP contribution in [0.1, 0.15) is 16.2 Å². The molecule has 0 aliphatic carbocycles. The van der Waals surface area contributed by atoms with E-state index in [1.807, 2.05) is 0 Å². The van der Waals surface area contributed by atoms with Crippen LogP contribution in [-0.2, 0) is 0 Å². The standard InChI is InChI=1S/C12H13FN4O2/c1-6-10(14)11(17-16-6)12(18)15-8-4-3-7(13)5-9(8)19-2/h3-5H,14H2,1-2H3,(H,15,18)(H,16,17). The van der Waals surface area contributed by atoms with Gasteiger partial charge in [-0.25, -0.2) is 4.39 Å². The number of hydrogen-bond donors (Lipinski definition) is 3. The highest BCUT2D eigenvalue weighted by molar-refractivity contribution is 6.07. The summed E-state index contributed by atoms with van der Waals surface area (Å²) in [4.78, 5) is 12.0. The van der Waals surface area contributed by atoms with Crippen molar-refractivity contribution in [2.45, 2.75) is 6.92 Å². The fourth-order valence-electron chi connectivity index (χ4n) is 1.56. The summed E-state index contributed by atoms with van der Waals surface area (Å²) >= 11 is 0. The Hall–Kier alpha value is -2.57. The Kier molecular flexibility index (Phi) is 3.37. The first kappa shape index (κ1) is 12.9. The zero-order valence-corrected chi connectivity index (χ0v) is 10.5. The minimum absolute atomic E-state index is 0.0869. The summed E-state index contributed by atoms with van der Waals surface area (Å²) < 4.78 is 18.0. The van der Waals surface area contributed by atoms with Gasteiger partial charge >= 0.3 is 0 Å².